The summed E-state index contributed by atoms with van der Waals surface area (Å²) in [6, 6.07) is 15.4. The fraction of sp³-hybridized carbons (Fsp3) is 0.211. The molecule has 3 aromatic rings. The maximum absolute atomic E-state index is 11.6. The molecule has 0 aliphatic rings. The summed E-state index contributed by atoms with van der Waals surface area (Å²) in [5.74, 6) is 1.47. The van der Waals surface area contributed by atoms with Crippen molar-refractivity contribution < 1.29 is 9.53 Å². The predicted molar refractivity (Wildman–Crippen MR) is 98.5 cm³/mol. The lowest BCUT2D eigenvalue weighted by Crippen LogP contribution is -1.99. The second-order valence-electron chi connectivity index (χ2n) is 5.41. The molecule has 0 saturated carbocycles. The molecular weight excluding hydrogens is 334 g/mol. The highest BCUT2D eigenvalue weighted by atomic mass is 32.2. The molecule has 0 saturated heterocycles. The van der Waals surface area contributed by atoms with Gasteiger partial charge in [0.15, 0.2) is 5.78 Å². The molecule has 0 aliphatic heterocycles. The fourth-order valence-corrected chi connectivity index (χ4v) is 3.15. The molecule has 0 N–H and O–H groups in total. The van der Waals surface area contributed by atoms with Crippen LogP contribution in [0.15, 0.2) is 60.0 Å². The highest BCUT2D eigenvalue weighted by Crippen LogP contribution is 2.28. The van der Waals surface area contributed by atoms with Crippen LogP contribution in [0, 0.1) is 0 Å². The number of hydrogen-bond acceptors (Lipinski definition) is 5. The number of nitrogens with zero attached hydrogens (tertiary/aromatic N) is 3. The Morgan fingerprint density at radius 1 is 1.20 bits per heavy atom. The van der Waals surface area contributed by atoms with E-state index >= 15 is 0 Å². The molecule has 3 rings (SSSR count). The smallest absolute Gasteiger partial charge is 0.209 e. The van der Waals surface area contributed by atoms with E-state index < -0.39 is 0 Å². The van der Waals surface area contributed by atoms with Crippen molar-refractivity contribution in [3.63, 3.8) is 0 Å². The molecule has 1 aromatic heterocycles. The summed E-state index contributed by atoms with van der Waals surface area (Å²) in [6.07, 6.45) is 1.70. The Hall–Kier alpha value is -2.60. The van der Waals surface area contributed by atoms with Gasteiger partial charge in [-0.2, -0.15) is 0 Å². The van der Waals surface area contributed by atoms with Crippen molar-refractivity contribution in [3.8, 4) is 11.4 Å². The monoisotopic (exact) mass is 353 g/mol. The molecule has 0 unspecified atom stereocenters. The predicted octanol–water partition coefficient (Wildman–Crippen LogP) is 4.16. The van der Waals surface area contributed by atoms with Crippen LogP contribution < -0.4 is 4.74 Å². The zero-order chi connectivity index (χ0) is 17.6. The molecule has 2 aromatic carbocycles. The molecule has 0 aliphatic carbocycles. The number of aromatic nitrogens is 3. The molecule has 1 heterocycles. The summed E-state index contributed by atoms with van der Waals surface area (Å²) in [6.45, 7) is 4.09. The largest absolute Gasteiger partial charge is 0.494 e. The van der Waals surface area contributed by atoms with Crippen LogP contribution in [-0.4, -0.2) is 27.2 Å². The Labute approximate surface area is 151 Å². The zero-order valence-corrected chi connectivity index (χ0v) is 15.0. The van der Waals surface area contributed by atoms with Gasteiger partial charge in [0, 0.05) is 16.9 Å². The number of benzene rings is 2. The van der Waals surface area contributed by atoms with E-state index in [4.69, 9.17) is 4.74 Å². The van der Waals surface area contributed by atoms with Crippen LogP contribution >= 0.6 is 11.8 Å². The molecule has 6 heteroatoms. The average molecular weight is 353 g/mol. The van der Waals surface area contributed by atoms with Gasteiger partial charge in [-0.05, 0) is 44.2 Å². The van der Waals surface area contributed by atoms with Crippen molar-refractivity contribution >= 4 is 17.5 Å². The van der Waals surface area contributed by atoms with E-state index in [0.717, 1.165) is 17.0 Å². The molecule has 0 atom stereocenters. The number of hydrogen-bond donors (Lipinski definition) is 0. The Kier molecular flexibility index (Phi) is 5.50. The SMILES string of the molecule is CCOc1ccc(C(C)=O)cc1CSc1ncn(-c2ccccc2)n1. The van der Waals surface area contributed by atoms with Gasteiger partial charge >= 0.3 is 0 Å². The molecule has 0 bridgehead atoms. The van der Waals surface area contributed by atoms with E-state index in [1.54, 1.807) is 24.0 Å². The molecule has 5 nitrogen and oxygen atoms in total. The van der Waals surface area contributed by atoms with Crippen molar-refractivity contribution in [2.24, 2.45) is 0 Å². The van der Waals surface area contributed by atoms with Crippen molar-refractivity contribution in [1.82, 2.24) is 14.8 Å². The van der Waals surface area contributed by atoms with Crippen molar-refractivity contribution in [3.05, 3.63) is 66.0 Å². The van der Waals surface area contributed by atoms with Crippen molar-refractivity contribution in [1.29, 1.82) is 0 Å². The van der Waals surface area contributed by atoms with Gasteiger partial charge in [0.1, 0.15) is 12.1 Å². The number of Topliss-reactive ketones (excluding diaryl/α,β-unsaturated/α-hetero) is 1. The number of para-hydroxylation sites is 1. The van der Waals surface area contributed by atoms with E-state index in [1.807, 2.05) is 49.4 Å². The van der Waals surface area contributed by atoms with Gasteiger partial charge in [0.05, 0.1) is 12.3 Å². The van der Waals surface area contributed by atoms with E-state index in [1.165, 1.54) is 11.8 Å². The Bertz CT molecular complexity index is 862. The summed E-state index contributed by atoms with van der Waals surface area (Å²) < 4.78 is 7.41. The minimum absolute atomic E-state index is 0.0424. The molecule has 0 amide bonds. The highest BCUT2D eigenvalue weighted by molar-refractivity contribution is 7.98. The highest BCUT2D eigenvalue weighted by Gasteiger charge is 2.10. The lowest BCUT2D eigenvalue weighted by atomic mass is 10.1. The van der Waals surface area contributed by atoms with Gasteiger partial charge in [-0.3, -0.25) is 4.79 Å². The summed E-state index contributed by atoms with van der Waals surface area (Å²) in [5.41, 5.74) is 2.62. The van der Waals surface area contributed by atoms with Crippen LogP contribution in [0.25, 0.3) is 5.69 Å². The molecule has 128 valence electrons. The summed E-state index contributed by atoms with van der Waals surface area (Å²) in [4.78, 5) is 16.0. The molecule has 0 radical (unpaired) electrons. The van der Waals surface area contributed by atoms with E-state index in [2.05, 4.69) is 10.1 Å². The first-order valence-electron chi connectivity index (χ1n) is 8.04. The summed E-state index contributed by atoms with van der Waals surface area (Å²) >= 11 is 1.52. The van der Waals surface area contributed by atoms with E-state index in [-0.39, 0.29) is 5.78 Å². The first-order chi connectivity index (χ1) is 12.2. The number of carbonyl (C=O) groups excluding carboxylic acids is 1. The Morgan fingerprint density at radius 2 is 2.00 bits per heavy atom. The van der Waals surface area contributed by atoms with Crippen LogP contribution in [0.2, 0.25) is 0 Å². The van der Waals surface area contributed by atoms with Gasteiger partial charge in [-0.25, -0.2) is 9.67 Å². The first kappa shape index (κ1) is 17.2. The number of ketones is 1. The second kappa shape index (κ2) is 7.98. The van der Waals surface area contributed by atoms with Crippen molar-refractivity contribution in [2.45, 2.75) is 24.8 Å². The topological polar surface area (TPSA) is 57.0 Å². The number of carbonyl (C=O) groups is 1. The molecular formula is C19H19N3O2S. The Morgan fingerprint density at radius 3 is 2.72 bits per heavy atom. The van der Waals surface area contributed by atoms with E-state index in [0.29, 0.717) is 23.1 Å². The van der Waals surface area contributed by atoms with Gasteiger partial charge in [-0.1, -0.05) is 30.0 Å². The molecule has 0 spiro atoms. The van der Waals surface area contributed by atoms with Gasteiger partial charge in [0.25, 0.3) is 0 Å². The fourth-order valence-electron chi connectivity index (χ4n) is 2.37. The van der Waals surface area contributed by atoms with Crippen LogP contribution in [0.5, 0.6) is 5.75 Å². The van der Waals surface area contributed by atoms with Crippen molar-refractivity contribution in [2.75, 3.05) is 6.61 Å². The van der Waals surface area contributed by atoms with Crippen LogP contribution in [0.1, 0.15) is 29.8 Å². The second-order valence-corrected chi connectivity index (χ2v) is 6.35. The normalized spacial score (nSPS) is 10.6. The lowest BCUT2D eigenvalue weighted by Gasteiger charge is -2.10. The third kappa shape index (κ3) is 4.28. The quantitative estimate of drug-likeness (QED) is 0.471. The molecule has 0 fully saturated rings. The zero-order valence-electron chi connectivity index (χ0n) is 14.2. The average Bonchev–Trinajstić information content (AvgIpc) is 3.11. The van der Waals surface area contributed by atoms with Crippen LogP contribution in [0.3, 0.4) is 0 Å². The third-order valence-corrected chi connectivity index (χ3v) is 4.52. The van der Waals surface area contributed by atoms with E-state index in [9.17, 15) is 4.79 Å². The summed E-state index contributed by atoms with van der Waals surface area (Å²) in [5, 5.41) is 5.17. The first-order valence-corrected chi connectivity index (χ1v) is 9.02. The molecule has 25 heavy (non-hydrogen) atoms. The maximum Gasteiger partial charge on any atom is 0.209 e. The number of thioether (sulfide) groups is 1. The minimum Gasteiger partial charge on any atom is -0.494 e. The summed E-state index contributed by atoms with van der Waals surface area (Å²) in [7, 11) is 0. The Balaban J connectivity index is 1.76. The minimum atomic E-state index is 0.0424. The number of ether oxygens (including phenoxy) is 1. The van der Waals surface area contributed by atoms with Crippen LogP contribution in [0.4, 0.5) is 0 Å². The van der Waals surface area contributed by atoms with Crippen LogP contribution in [-0.2, 0) is 5.75 Å². The number of rotatable bonds is 7. The lowest BCUT2D eigenvalue weighted by molar-refractivity contribution is 0.101. The van der Waals surface area contributed by atoms with Gasteiger partial charge in [-0.15, -0.1) is 5.10 Å². The third-order valence-electron chi connectivity index (χ3n) is 3.62. The van der Waals surface area contributed by atoms with Gasteiger partial charge < -0.3 is 4.74 Å². The standard InChI is InChI=1S/C19H19N3O2S/c1-3-24-18-10-9-15(14(2)23)11-16(18)12-25-19-20-13-22(21-19)17-7-5-4-6-8-17/h4-11,13H,3,12H2,1-2H3. The van der Waals surface area contributed by atoms with Gasteiger partial charge in [0.2, 0.25) is 5.16 Å². The maximum atomic E-state index is 11.6.